The van der Waals surface area contributed by atoms with Gasteiger partial charge in [0.25, 0.3) is 5.91 Å². The number of nitrogens with one attached hydrogen (secondary N) is 1. The van der Waals surface area contributed by atoms with Crippen molar-refractivity contribution in [1.29, 1.82) is 0 Å². The smallest absolute Gasteiger partial charge is 0.290 e. The highest BCUT2D eigenvalue weighted by molar-refractivity contribution is 5.96. The summed E-state index contributed by atoms with van der Waals surface area (Å²) in [4.78, 5) is 16.9. The van der Waals surface area contributed by atoms with E-state index in [0.717, 1.165) is 24.2 Å². The molecule has 5 heteroatoms. The summed E-state index contributed by atoms with van der Waals surface area (Å²) in [6.45, 7) is 6.21. The molecule has 5 nitrogen and oxygen atoms in total. The summed E-state index contributed by atoms with van der Waals surface area (Å²) < 4.78 is 1.80. The number of pyridine rings is 1. The predicted octanol–water partition coefficient (Wildman–Crippen LogP) is 3.18. The van der Waals surface area contributed by atoms with Crippen molar-refractivity contribution in [2.24, 2.45) is 16.9 Å². The molecular weight excluding hydrogens is 276 g/mol. The lowest BCUT2D eigenvalue weighted by molar-refractivity contribution is 0.0947. The Morgan fingerprint density at radius 1 is 1.32 bits per heavy atom. The lowest BCUT2D eigenvalue weighted by Crippen LogP contribution is -2.29. The van der Waals surface area contributed by atoms with Crippen LogP contribution in [0.2, 0.25) is 0 Å². The zero-order valence-electron chi connectivity index (χ0n) is 13.3. The van der Waals surface area contributed by atoms with Gasteiger partial charge in [-0.25, -0.2) is 10.4 Å². The molecule has 3 rings (SSSR count). The standard InChI is InChI=1S/C17H22N4O/c1-11-7-6-8-12(2)15(11)19-20-17(22)16-13(3)18-14-9-4-5-10-21(14)16/h4-5,9-12H,6-8H2,1-3H3,(H,20,22)/t11-,12+. The van der Waals surface area contributed by atoms with Crippen molar-refractivity contribution >= 4 is 17.3 Å². The van der Waals surface area contributed by atoms with Gasteiger partial charge in [0.15, 0.2) is 0 Å². The van der Waals surface area contributed by atoms with Gasteiger partial charge >= 0.3 is 0 Å². The normalized spacial score (nSPS) is 23.9. The Bertz CT molecular complexity index is 719. The molecule has 0 aliphatic heterocycles. The van der Waals surface area contributed by atoms with Gasteiger partial charge in [0, 0.05) is 11.9 Å². The largest absolute Gasteiger partial charge is 0.295 e. The number of carbonyl (C=O) groups excluding carboxylic acids is 1. The highest BCUT2D eigenvalue weighted by atomic mass is 16.2. The second-order valence-corrected chi connectivity index (χ2v) is 6.19. The first-order valence-corrected chi connectivity index (χ1v) is 7.89. The summed E-state index contributed by atoms with van der Waals surface area (Å²) in [7, 11) is 0. The summed E-state index contributed by atoms with van der Waals surface area (Å²) in [5, 5.41) is 4.43. The van der Waals surface area contributed by atoms with Crippen molar-refractivity contribution in [2.75, 3.05) is 0 Å². The maximum absolute atomic E-state index is 12.5. The lowest BCUT2D eigenvalue weighted by atomic mass is 9.81. The van der Waals surface area contributed by atoms with E-state index < -0.39 is 0 Å². The molecule has 1 aliphatic rings. The Kier molecular flexibility index (Phi) is 3.96. The molecule has 0 saturated heterocycles. The second kappa shape index (κ2) is 5.91. The van der Waals surface area contributed by atoms with E-state index >= 15 is 0 Å². The molecule has 0 spiro atoms. The summed E-state index contributed by atoms with van der Waals surface area (Å²) in [6.07, 6.45) is 5.38. The van der Waals surface area contributed by atoms with Crippen LogP contribution in [0.25, 0.3) is 5.65 Å². The molecule has 116 valence electrons. The van der Waals surface area contributed by atoms with Crippen LogP contribution < -0.4 is 5.43 Å². The van der Waals surface area contributed by atoms with E-state index in [2.05, 4.69) is 29.4 Å². The van der Waals surface area contributed by atoms with Crippen molar-refractivity contribution < 1.29 is 4.79 Å². The summed E-state index contributed by atoms with van der Waals surface area (Å²) in [6, 6.07) is 5.69. The molecule has 2 atom stereocenters. The molecule has 2 aromatic rings. The van der Waals surface area contributed by atoms with E-state index in [1.807, 2.05) is 31.3 Å². The van der Waals surface area contributed by atoms with Crippen molar-refractivity contribution in [2.45, 2.75) is 40.0 Å². The van der Waals surface area contributed by atoms with Crippen LogP contribution in [0, 0.1) is 18.8 Å². The maximum Gasteiger partial charge on any atom is 0.290 e. The van der Waals surface area contributed by atoms with Crippen LogP contribution in [-0.2, 0) is 0 Å². The minimum absolute atomic E-state index is 0.200. The quantitative estimate of drug-likeness (QED) is 0.866. The van der Waals surface area contributed by atoms with E-state index in [4.69, 9.17) is 0 Å². The van der Waals surface area contributed by atoms with Crippen molar-refractivity contribution in [1.82, 2.24) is 14.8 Å². The SMILES string of the molecule is Cc1nc2ccccn2c1C(=O)NN=C1[C@H](C)CCC[C@@H]1C. The van der Waals surface area contributed by atoms with Crippen molar-refractivity contribution in [3.8, 4) is 0 Å². The second-order valence-electron chi connectivity index (χ2n) is 6.19. The molecule has 1 amide bonds. The first kappa shape index (κ1) is 14.8. The third kappa shape index (κ3) is 2.63. The summed E-state index contributed by atoms with van der Waals surface area (Å²) in [5.74, 6) is 0.674. The summed E-state index contributed by atoms with van der Waals surface area (Å²) in [5.41, 5.74) is 5.88. The summed E-state index contributed by atoms with van der Waals surface area (Å²) >= 11 is 0. The minimum atomic E-state index is -0.200. The predicted molar refractivity (Wildman–Crippen MR) is 87.0 cm³/mol. The topological polar surface area (TPSA) is 58.8 Å². The molecule has 0 aromatic carbocycles. The first-order valence-electron chi connectivity index (χ1n) is 7.89. The zero-order valence-corrected chi connectivity index (χ0v) is 13.3. The highest BCUT2D eigenvalue weighted by Crippen LogP contribution is 2.25. The Balaban J connectivity index is 1.86. The van der Waals surface area contributed by atoms with Crippen LogP contribution in [0.1, 0.15) is 49.3 Å². The molecular formula is C17H22N4O. The number of imidazole rings is 1. The maximum atomic E-state index is 12.5. The monoisotopic (exact) mass is 298 g/mol. The van der Waals surface area contributed by atoms with E-state index in [9.17, 15) is 4.79 Å². The number of nitrogens with zero attached hydrogens (tertiary/aromatic N) is 3. The third-order valence-corrected chi connectivity index (χ3v) is 4.49. The van der Waals surface area contributed by atoms with Crippen molar-refractivity contribution in [3.63, 3.8) is 0 Å². The number of fused-ring (bicyclic) bond motifs is 1. The highest BCUT2D eigenvalue weighted by Gasteiger charge is 2.23. The number of rotatable bonds is 2. The molecule has 1 fully saturated rings. The van der Waals surface area contributed by atoms with Gasteiger partial charge in [0.1, 0.15) is 11.3 Å². The fourth-order valence-electron chi connectivity index (χ4n) is 3.29. The van der Waals surface area contributed by atoms with Crippen LogP contribution in [0.15, 0.2) is 29.5 Å². The number of hydrogen-bond donors (Lipinski definition) is 1. The Morgan fingerprint density at radius 3 is 2.77 bits per heavy atom. The van der Waals surface area contributed by atoms with Gasteiger partial charge in [-0.2, -0.15) is 5.10 Å². The molecule has 0 bridgehead atoms. The number of aryl methyl sites for hydroxylation is 1. The molecule has 22 heavy (non-hydrogen) atoms. The number of carbonyl (C=O) groups is 1. The van der Waals surface area contributed by atoms with Gasteiger partial charge in [-0.15, -0.1) is 0 Å². The van der Waals surface area contributed by atoms with E-state index in [-0.39, 0.29) is 5.91 Å². The van der Waals surface area contributed by atoms with Crippen LogP contribution in [0.4, 0.5) is 0 Å². The number of amides is 1. The molecule has 0 radical (unpaired) electrons. The number of aromatic nitrogens is 2. The van der Waals surface area contributed by atoms with E-state index in [1.165, 1.54) is 6.42 Å². The fourth-order valence-corrected chi connectivity index (χ4v) is 3.29. The Hall–Kier alpha value is -2.17. The molecule has 1 aliphatic carbocycles. The zero-order chi connectivity index (χ0) is 15.7. The fraction of sp³-hybridized carbons (Fsp3) is 0.471. The average Bonchev–Trinajstić information content (AvgIpc) is 2.82. The van der Waals surface area contributed by atoms with Gasteiger partial charge in [0.2, 0.25) is 0 Å². The van der Waals surface area contributed by atoms with Gasteiger partial charge in [-0.1, -0.05) is 26.3 Å². The van der Waals surface area contributed by atoms with Crippen LogP contribution in [0.3, 0.4) is 0 Å². The molecule has 1 saturated carbocycles. The van der Waals surface area contributed by atoms with Gasteiger partial charge in [-0.3, -0.25) is 9.20 Å². The van der Waals surface area contributed by atoms with Crippen LogP contribution in [0.5, 0.6) is 0 Å². The third-order valence-electron chi connectivity index (χ3n) is 4.49. The molecule has 2 aromatic heterocycles. The minimum Gasteiger partial charge on any atom is -0.295 e. The Morgan fingerprint density at radius 2 is 2.05 bits per heavy atom. The van der Waals surface area contributed by atoms with Gasteiger partial charge in [0.05, 0.1) is 5.69 Å². The van der Waals surface area contributed by atoms with Crippen molar-refractivity contribution in [3.05, 3.63) is 35.8 Å². The Labute approximate surface area is 130 Å². The number of hydrazone groups is 1. The van der Waals surface area contributed by atoms with E-state index in [1.54, 1.807) is 4.40 Å². The molecule has 0 unspecified atom stereocenters. The van der Waals surface area contributed by atoms with Crippen LogP contribution >= 0.6 is 0 Å². The van der Waals surface area contributed by atoms with E-state index in [0.29, 0.717) is 23.2 Å². The van der Waals surface area contributed by atoms with Gasteiger partial charge in [-0.05, 0) is 43.7 Å². The molecule has 1 N–H and O–H groups in total. The average molecular weight is 298 g/mol. The van der Waals surface area contributed by atoms with Gasteiger partial charge < -0.3 is 0 Å². The van der Waals surface area contributed by atoms with Crippen LogP contribution in [-0.4, -0.2) is 21.0 Å². The number of hydrogen-bond acceptors (Lipinski definition) is 3. The first-order chi connectivity index (χ1) is 10.6. The molecule has 2 heterocycles. The lowest BCUT2D eigenvalue weighted by Gasteiger charge is -2.26.